The predicted molar refractivity (Wildman–Crippen MR) is 107 cm³/mol. The van der Waals surface area contributed by atoms with E-state index in [1.54, 1.807) is 0 Å². The second-order valence-corrected chi connectivity index (χ2v) is 7.94. The van der Waals surface area contributed by atoms with E-state index in [1.165, 1.54) is 32.0 Å². The smallest absolute Gasteiger partial charge is 0.382 e. The molecule has 0 aliphatic heterocycles. The summed E-state index contributed by atoms with van der Waals surface area (Å²) in [6, 6.07) is 8.47. The van der Waals surface area contributed by atoms with Crippen LogP contribution >= 0.6 is 0 Å². The number of carbonyl (C=O) groups excluding carboxylic acids is 2. The first-order valence-corrected chi connectivity index (χ1v) is 9.19. The standard InChI is InChI=1S/C21H23F4N3O3/c1-19(2,12-3-5-13(22)6-4-12)10-20(31,21(23,24)25)11-28-14-7-8-15(17(26)29)16(9-14)18(27)30/h3-9,28,31H,10-11H2,1-2H3,(H2,26,29)(H2,27,30). The van der Waals surface area contributed by atoms with Crippen LogP contribution in [0.5, 0.6) is 0 Å². The van der Waals surface area contributed by atoms with E-state index in [2.05, 4.69) is 5.32 Å². The first kappa shape index (κ1) is 24.1. The van der Waals surface area contributed by atoms with Crippen molar-refractivity contribution in [1.82, 2.24) is 0 Å². The molecule has 0 bridgehead atoms. The van der Waals surface area contributed by atoms with Gasteiger partial charge < -0.3 is 21.9 Å². The zero-order valence-corrected chi connectivity index (χ0v) is 16.9. The van der Waals surface area contributed by atoms with Crippen LogP contribution < -0.4 is 16.8 Å². The van der Waals surface area contributed by atoms with Crippen molar-refractivity contribution in [3.05, 3.63) is 65.0 Å². The molecule has 10 heteroatoms. The lowest BCUT2D eigenvalue weighted by Gasteiger charge is -2.38. The number of amides is 2. The Morgan fingerprint density at radius 3 is 2.00 bits per heavy atom. The van der Waals surface area contributed by atoms with Gasteiger partial charge in [0.25, 0.3) is 0 Å². The minimum atomic E-state index is -5.00. The van der Waals surface area contributed by atoms with Crippen molar-refractivity contribution in [3.63, 3.8) is 0 Å². The molecule has 168 valence electrons. The largest absolute Gasteiger partial charge is 0.418 e. The van der Waals surface area contributed by atoms with Crippen LogP contribution in [-0.2, 0) is 5.41 Å². The topological polar surface area (TPSA) is 118 Å². The molecule has 1 atom stereocenters. The molecule has 2 rings (SSSR count). The predicted octanol–water partition coefficient (Wildman–Crippen LogP) is 3.10. The van der Waals surface area contributed by atoms with E-state index in [4.69, 9.17) is 11.5 Å². The van der Waals surface area contributed by atoms with E-state index >= 15 is 0 Å². The molecule has 0 heterocycles. The number of hydrogen-bond donors (Lipinski definition) is 4. The maximum atomic E-state index is 13.8. The van der Waals surface area contributed by atoms with Gasteiger partial charge in [0.15, 0.2) is 5.60 Å². The summed E-state index contributed by atoms with van der Waals surface area (Å²) in [5.41, 5.74) is 6.03. The number of alkyl halides is 3. The van der Waals surface area contributed by atoms with Gasteiger partial charge in [-0.1, -0.05) is 26.0 Å². The summed E-state index contributed by atoms with van der Waals surface area (Å²) in [7, 11) is 0. The lowest BCUT2D eigenvalue weighted by atomic mass is 9.75. The third kappa shape index (κ3) is 5.52. The fraction of sp³-hybridized carbons (Fsp3) is 0.333. The van der Waals surface area contributed by atoms with Crippen LogP contribution in [0, 0.1) is 5.82 Å². The summed E-state index contributed by atoms with van der Waals surface area (Å²) in [5, 5.41) is 13.0. The van der Waals surface area contributed by atoms with Crippen LogP contribution in [0.3, 0.4) is 0 Å². The van der Waals surface area contributed by atoms with Gasteiger partial charge in [-0.3, -0.25) is 9.59 Å². The summed E-state index contributed by atoms with van der Waals surface area (Å²) in [6.45, 7) is 2.06. The van der Waals surface area contributed by atoms with Crippen molar-refractivity contribution < 1.29 is 32.3 Å². The first-order chi connectivity index (χ1) is 14.2. The lowest BCUT2D eigenvalue weighted by Crippen LogP contribution is -2.53. The molecule has 0 spiro atoms. The molecule has 0 aliphatic rings. The van der Waals surface area contributed by atoms with Crippen LogP contribution in [0.1, 0.15) is 46.5 Å². The Labute approximate surface area is 176 Å². The van der Waals surface area contributed by atoms with E-state index in [-0.39, 0.29) is 16.8 Å². The van der Waals surface area contributed by atoms with Crippen molar-refractivity contribution >= 4 is 17.5 Å². The molecule has 0 radical (unpaired) electrons. The maximum absolute atomic E-state index is 13.8. The highest BCUT2D eigenvalue weighted by Gasteiger charge is 2.55. The van der Waals surface area contributed by atoms with Gasteiger partial charge in [0, 0.05) is 5.69 Å². The number of benzene rings is 2. The highest BCUT2D eigenvalue weighted by molar-refractivity contribution is 6.06. The molecular formula is C21H23F4N3O3. The highest BCUT2D eigenvalue weighted by atomic mass is 19.4. The van der Waals surface area contributed by atoms with E-state index in [1.807, 2.05) is 0 Å². The number of halogens is 4. The summed E-state index contributed by atoms with van der Waals surface area (Å²) in [5.74, 6) is -2.44. The lowest BCUT2D eigenvalue weighted by molar-refractivity contribution is -0.260. The van der Waals surface area contributed by atoms with Crippen LogP contribution in [0.2, 0.25) is 0 Å². The van der Waals surface area contributed by atoms with E-state index in [0.29, 0.717) is 5.56 Å². The number of carbonyl (C=O) groups is 2. The van der Waals surface area contributed by atoms with Crippen molar-refractivity contribution in [2.24, 2.45) is 11.5 Å². The summed E-state index contributed by atoms with van der Waals surface area (Å²) >= 11 is 0. The number of nitrogens with one attached hydrogen (secondary N) is 1. The molecular weight excluding hydrogens is 418 g/mol. The fourth-order valence-electron chi connectivity index (χ4n) is 3.32. The second kappa shape index (κ2) is 8.54. The second-order valence-electron chi connectivity index (χ2n) is 7.94. The Morgan fingerprint density at radius 2 is 1.52 bits per heavy atom. The number of primary amides is 2. The molecule has 1 unspecified atom stereocenters. The van der Waals surface area contributed by atoms with E-state index in [0.717, 1.165) is 24.3 Å². The minimum absolute atomic E-state index is 0.0288. The normalized spacial score (nSPS) is 14.0. The molecule has 0 saturated heterocycles. The highest BCUT2D eigenvalue weighted by Crippen LogP contribution is 2.41. The molecule has 31 heavy (non-hydrogen) atoms. The first-order valence-electron chi connectivity index (χ1n) is 9.19. The molecule has 2 aromatic carbocycles. The summed E-state index contributed by atoms with van der Waals surface area (Å²) in [4.78, 5) is 22.9. The van der Waals surface area contributed by atoms with Gasteiger partial charge in [0.1, 0.15) is 5.82 Å². The average Bonchev–Trinajstić information content (AvgIpc) is 2.65. The number of hydrogen-bond acceptors (Lipinski definition) is 4. The van der Waals surface area contributed by atoms with Crippen LogP contribution in [0.15, 0.2) is 42.5 Å². The molecule has 0 saturated carbocycles. The van der Waals surface area contributed by atoms with E-state index in [9.17, 15) is 32.3 Å². The monoisotopic (exact) mass is 441 g/mol. The quantitative estimate of drug-likeness (QED) is 0.471. The number of aliphatic hydroxyl groups is 1. The van der Waals surface area contributed by atoms with Crippen molar-refractivity contribution in [1.29, 1.82) is 0 Å². The Balaban J connectivity index is 2.31. The molecule has 6 N–H and O–H groups in total. The number of rotatable bonds is 8. The third-order valence-corrected chi connectivity index (χ3v) is 5.02. The van der Waals surface area contributed by atoms with Crippen molar-refractivity contribution in [3.8, 4) is 0 Å². The molecule has 0 aromatic heterocycles. The fourth-order valence-corrected chi connectivity index (χ4v) is 3.32. The Kier molecular flexibility index (Phi) is 6.65. The van der Waals surface area contributed by atoms with Crippen LogP contribution in [0.4, 0.5) is 23.2 Å². The molecule has 0 aliphatic carbocycles. The average molecular weight is 441 g/mol. The SMILES string of the molecule is CC(C)(CC(O)(CNc1ccc(C(N)=O)c(C(N)=O)c1)C(F)(F)F)c1ccc(F)cc1. The van der Waals surface area contributed by atoms with Crippen molar-refractivity contribution in [2.45, 2.75) is 37.5 Å². The van der Waals surface area contributed by atoms with Gasteiger partial charge in [0.2, 0.25) is 11.8 Å². The Bertz CT molecular complexity index is 975. The molecule has 2 aromatic rings. The van der Waals surface area contributed by atoms with Crippen LogP contribution in [-0.4, -0.2) is 35.2 Å². The van der Waals surface area contributed by atoms with Gasteiger partial charge >= 0.3 is 6.18 Å². The minimum Gasteiger partial charge on any atom is -0.382 e. The molecule has 0 fully saturated rings. The zero-order chi connectivity index (χ0) is 23.6. The summed E-state index contributed by atoms with van der Waals surface area (Å²) in [6.07, 6.45) is -5.73. The molecule has 6 nitrogen and oxygen atoms in total. The molecule has 2 amide bonds. The number of anilines is 1. The van der Waals surface area contributed by atoms with Crippen LogP contribution in [0.25, 0.3) is 0 Å². The Hall–Kier alpha value is -3.14. The maximum Gasteiger partial charge on any atom is 0.418 e. The summed E-state index contributed by atoms with van der Waals surface area (Å²) < 4.78 is 54.6. The Morgan fingerprint density at radius 1 is 0.968 bits per heavy atom. The van der Waals surface area contributed by atoms with Gasteiger partial charge in [-0.05, 0) is 47.7 Å². The van der Waals surface area contributed by atoms with Gasteiger partial charge in [-0.2, -0.15) is 13.2 Å². The van der Waals surface area contributed by atoms with Gasteiger partial charge in [-0.25, -0.2) is 4.39 Å². The van der Waals surface area contributed by atoms with Gasteiger partial charge in [-0.15, -0.1) is 0 Å². The zero-order valence-electron chi connectivity index (χ0n) is 16.9. The van der Waals surface area contributed by atoms with Gasteiger partial charge in [0.05, 0.1) is 17.7 Å². The third-order valence-electron chi connectivity index (χ3n) is 5.02. The van der Waals surface area contributed by atoms with Crippen molar-refractivity contribution in [2.75, 3.05) is 11.9 Å². The van der Waals surface area contributed by atoms with E-state index < -0.39 is 47.8 Å². The number of nitrogens with two attached hydrogens (primary N) is 2.